The highest BCUT2D eigenvalue weighted by Crippen LogP contribution is 2.18. The fourth-order valence-corrected chi connectivity index (χ4v) is 3.17. The average molecular weight is 519 g/mol. The number of carbonyl (C=O) groups is 4. The predicted molar refractivity (Wildman–Crippen MR) is 126 cm³/mol. The van der Waals surface area contributed by atoms with Crippen molar-refractivity contribution < 1.29 is 52.3 Å². The van der Waals surface area contributed by atoms with Gasteiger partial charge < -0.3 is 33.2 Å². The number of hydrogen-bond acceptors (Lipinski definition) is 11. The Hall–Kier alpha value is -3.64. The summed E-state index contributed by atoms with van der Waals surface area (Å²) in [6.07, 6.45) is 2.65. The molecule has 2 aliphatic heterocycles. The third kappa shape index (κ3) is 11.8. The molecule has 2 rings (SSSR count). The van der Waals surface area contributed by atoms with E-state index in [-0.39, 0.29) is 26.4 Å². The molecule has 0 N–H and O–H groups in total. The molecular formula is C26H30O11. The molecule has 200 valence electrons. The van der Waals surface area contributed by atoms with E-state index in [9.17, 15) is 19.2 Å². The Kier molecular flexibility index (Phi) is 12.4. The van der Waals surface area contributed by atoms with Crippen LogP contribution in [0.25, 0.3) is 0 Å². The normalized spacial score (nSPS) is 25.9. The van der Waals surface area contributed by atoms with Crippen LogP contribution < -0.4 is 0 Å². The average Bonchev–Trinajstić information content (AvgIpc) is 2.82. The van der Waals surface area contributed by atoms with Gasteiger partial charge in [0.1, 0.15) is 63.1 Å². The van der Waals surface area contributed by atoms with Gasteiger partial charge in [0.25, 0.3) is 0 Å². The first-order valence-corrected chi connectivity index (χ1v) is 11.5. The van der Waals surface area contributed by atoms with Crippen LogP contribution in [0, 0.1) is 23.7 Å². The van der Waals surface area contributed by atoms with Crippen molar-refractivity contribution >= 4 is 23.9 Å². The monoisotopic (exact) mass is 518 g/mol. The molecule has 0 bridgehead atoms. The number of esters is 4. The lowest BCUT2D eigenvalue weighted by molar-refractivity contribution is -0.162. The van der Waals surface area contributed by atoms with E-state index in [1.54, 1.807) is 24.3 Å². The molecule has 11 heteroatoms. The van der Waals surface area contributed by atoms with Crippen LogP contribution in [0.1, 0.15) is 27.7 Å². The van der Waals surface area contributed by atoms with Gasteiger partial charge in [0.2, 0.25) is 0 Å². The quantitative estimate of drug-likeness (QED) is 0.147. The highest BCUT2D eigenvalue weighted by molar-refractivity contribution is 5.67. The number of ether oxygens (including phenoxy) is 7. The van der Waals surface area contributed by atoms with Crippen molar-refractivity contribution in [2.75, 3.05) is 26.4 Å². The summed E-state index contributed by atoms with van der Waals surface area (Å²) in [5.74, 6) is 9.46. The van der Waals surface area contributed by atoms with Crippen LogP contribution in [0.3, 0.4) is 0 Å². The predicted octanol–water partition coefficient (Wildman–Crippen LogP) is 0.647. The van der Waals surface area contributed by atoms with Gasteiger partial charge in [0.15, 0.2) is 0 Å². The zero-order valence-corrected chi connectivity index (χ0v) is 21.1. The van der Waals surface area contributed by atoms with Gasteiger partial charge in [-0.05, 0) is 24.3 Å². The van der Waals surface area contributed by atoms with E-state index in [0.29, 0.717) is 0 Å². The summed E-state index contributed by atoms with van der Waals surface area (Å²) in [4.78, 5) is 44.8. The lowest BCUT2D eigenvalue weighted by atomic mass is 10.1. The fourth-order valence-electron chi connectivity index (χ4n) is 3.17. The number of carbonyl (C=O) groups excluding carboxylic acids is 4. The minimum absolute atomic E-state index is 0.0787. The van der Waals surface area contributed by atoms with Crippen LogP contribution in [0.5, 0.6) is 0 Å². The first-order chi connectivity index (χ1) is 17.6. The Morgan fingerprint density at radius 1 is 0.649 bits per heavy atom. The largest absolute Gasteiger partial charge is 0.463 e. The Balaban J connectivity index is 1.82. The maximum absolute atomic E-state index is 11.3. The molecule has 0 amide bonds. The van der Waals surface area contributed by atoms with Gasteiger partial charge in [-0.15, -0.1) is 0 Å². The van der Waals surface area contributed by atoms with Crippen molar-refractivity contribution in [2.24, 2.45) is 0 Å². The summed E-state index contributed by atoms with van der Waals surface area (Å²) in [5, 5.41) is 0. The summed E-state index contributed by atoms with van der Waals surface area (Å²) in [5.41, 5.74) is 0. The minimum Gasteiger partial charge on any atom is -0.463 e. The van der Waals surface area contributed by atoms with Gasteiger partial charge in [0.05, 0.1) is 0 Å². The Labute approximate surface area is 215 Å². The van der Waals surface area contributed by atoms with Crippen LogP contribution in [-0.4, -0.2) is 86.9 Å². The molecule has 0 aromatic heterocycles. The van der Waals surface area contributed by atoms with Crippen LogP contribution in [0.2, 0.25) is 0 Å². The fraction of sp³-hybridized carbons (Fsp3) is 0.538. The summed E-state index contributed by atoms with van der Waals surface area (Å²) in [7, 11) is 0. The Bertz CT molecular complexity index is 927. The van der Waals surface area contributed by atoms with Crippen molar-refractivity contribution in [1.29, 1.82) is 0 Å². The van der Waals surface area contributed by atoms with E-state index >= 15 is 0 Å². The molecule has 11 nitrogen and oxygen atoms in total. The van der Waals surface area contributed by atoms with Crippen molar-refractivity contribution in [2.45, 2.75) is 64.3 Å². The number of rotatable bonds is 8. The van der Waals surface area contributed by atoms with E-state index in [1.165, 1.54) is 27.7 Å². The first kappa shape index (κ1) is 29.6. The zero-order chi connectivity index (χ0) is 27.2. The Morgan fingerprint density at radius 2 is 1.05 bits per heavy atom. The van der Waals surface area contributed by atoms with Crippen molar-refractivity contribution in [1.82, 2.24) is 0 Å². The molecule has 37 heavy (non-hydrogen) atoms. The van der Waals surface area contributed by atoms with Crippen LogP contribution >= 0.6 is 0 Å². The SMILES string of the molecule is CC(=O)OC[C@H]1O[C@H](C#CCOCC#C[C@@H]2C=C[C@H](OC(C)=O)[C@@H](COC(C)=O)O2)C=C[C@@H]1OC(C)=O. The molecule has 0 radical (unpaired) electrons. The molecular weight excluding hydrogens is 488 g/mol. The van der Waals surface area contributed by atoms with Crippen LogP contribution in [0.15, 0.2) is 24.3 Å². The second-order valence-corrected chi connectivity index (χ2v) is 7.85. The second kappa shape index (κ2) is 15.5. The van der Waals surface area contributed by atoms with E-state index in [2.05, 4.69) is 23.7 Å². The van der Waals surface area contributed by atoms with E-state index in [4.69, 9.17) is 33.2 Å². The van der Waals surface area contributed by atoms with Crippen molar-refractivity contribution in [3.8, 4) is 23.7 Å². The molecule has 0 unspecified atom stereocenters. The summed E-state index contributed by atoms with van der Waals surface area (Å²) in [6.45, 7) is 5.10. The molecule has 0 aliphatic carbocycles. The maximum atomic E-state index is 11.3. The molecule has 0 aromatic rings. The standard InChI is InChI=1S/C26H30O11/c1-17(27)32-15-25-23(34-19(3)29)11-9-21(36-25)7-5-13-31-14-6-8-22-10-12-24(35-20(4)30)26(37-22)16-33-18(2)28/h9-12,21-26H,13-16H2,1-4H3/t21-,22-,23+,24+,25-,26-/m1/s1. The van der Waals surface area contributed by atoms with Crippen LogP contribution in [-0.2, 0) is 52.3 Å². The molecule has 0 aromatic carbocycles. The first-order valence-electron chi connectivity index (χ1n) is 11.5. The second-order valence-electron chi connectivity index (χ2n) is 7.85. The van der Waals surface area contributed by atoms with Crippen molar-refractivity contribution in [3.63, 3.8) is 0 Å². The van der Waals surface area contributed by atoms with E-state index < -0.39 is 60.5 Å². The number of hydrogen-bond donors (Lipinski definition) is 0. The summed E-state index contributed by atoms with van der Waals surface area (Å²) >= 11 is 0. The Morgan fingerprint density at radius 3 is 1.41 bits per heavy atom. The topological polar surface area (TPSA) is 133 Å². The molecule has 2 heterocycles. The minimum atomic E-state index is -0.685. The molecule has 0 saturated heterocycles. The molecule has 2 aliphatic rings. The van der Waals surface area contributed by atoms with Crippen LogP contribution in [0.4, 0.5) is 0 Å². The summed E-state index contributed by atoms with van der Waals surface area (Å²) in [6, 6.07) is 0. The van der Waals surface area contributed by atoms with Gasteiger partial charge >= 0.3 is 23.9 Å². The van der Waals surface area contributed by atoms with E-state index in [0.717, 1.165) is 0 Å². The third-order valence-electron chi connectivity index (χ3n) is 4.67. The highest BCUT2D eigenvalue weighted by Gasteiger charge is 2.31. The van der Waals surface area contributed by atoms with Gasteiger partial charge in [0, 0.05) is 27.7 Å². The molecule has 0 spiro atoms. The smallest absolute Gasteiger partial charge is 0.303 e. The highest BCUT2D eigenvalue weighted by atomic mass is 16.6. The van der Waals surface area contributed by atoms with Crippen molar-refractivity contribution in [3.05, 3.63) is 24.3 Å². The van der Waals surface area contributed by atoms with Gasteiger partial charge in [-0.2, -0.15) is 0 Å². The molecule has 0 fully saturated rings. The zero-order valence-electron chi connectivity index (χ0n) is 21.1. The molecule has 0 saturated carbocycles. The van der Waals surface area contributed by atoms with Gasteiger partial charge in [-0.1, -0.05) is 23.7 Å². The summed E-state index contributed by atoms with van der Waals surface area (Å²) < 4.78 is 37.2. The lowest BCUT2D eigenvalue weighted by Gasteiger charge is -2.29. The van der Waals surface area contributed by atoms with E-state index in [1.807, 2.05) is 0 Å². The maximum Gasteiger partial charge on any atom is 0.303 e. The lowest BCUT2D eigenvalue weighted by Crippen LogP contribution is -2.41. The van der Waals surface area contributed by atoms with Gasteiger partial charge in [-0.25, -0.2) is 0 Å². The molecule has 6 atom stereocenters. The third-order valence-corrected chi connectivity index (χ3v) is 4.67. The van der Waals surface area contributed by atoms with Gasteiger partial charge in [-0.3, -0.25) is 19.2 Å².